The average Bonchev–Trinajstić information content (AvgIpc) is 3.12. The summed E-state index contributed by atoms with van der Waals surface area (Å²) in [5.74, 6) is 0.597. The molecule has 0 spiro atoms. The summed E-state index contributed by atoms with van der Waals surface area (Å²) in [6, 6.07) is 7.35. The second-order valence-electron chi connectivity index (χ2n) is 8.55. The van der Waals surface area contributed by atoms with E-state index in [0.717, 1.165) is 0 Å². The summed E-state index contributed by atoms with van der Waals surface area (Å²) in [6.45, 7) is 14.3. The maximum Gasteiger partial charge on any atom is 0.262 e. The zero-order valence-corrected chi connectivity index (χ0v) is 19.6. The van der Waals surface area contributed by atoms with Gasteiger partial charge in [0, 0.05) is 5.56 Å². The Balaban J connectivity index is 2.11. The predicted octanol–water partition coefficient (Wildman–Crippen LogP) is 6.00. The van der Waals surface area contributed by atoms with Crippen LogP contribution in [0.3, 0.4) is 0 Å². The van der Waals surface area contributed by atoms with Gasteiger partial charge in [0.15, 0.2) is 0 Å². The molecule has 29 heavy (non-hydrogen) atoms. The van der Waals surface area contributed by atoms with Crippen LogP contribution in [0.5, 0.6) is 0 Å². The topological polar surface area (TPSA) is 55.6 Å². The fourth-order valence-corrected chi connectivity index (χ4v) is 5.38. The van der Waals surface area contributed by atoms with Crippen LogP contribution in [0.25, 0.3) is 11.3 Å². The minimum absolute atomic E-state index is 0.00676. The Kier molecular flexibility index (Phi) is 6.37. The van der Waals surface area contributed by atoms with Crippen LogP contribution in [0.15, 0.2) is 28.8 Å². The van der Waals surface area contributed by atoms with Crippen LogP contribution < -0.4 is 0 Å². The normalized spacial score (nSPS) is 21.4. The highest BCUT2D eigenvalue weighted by atomic mass is 35.5. The number of hydrogen-bond acceptors (Lipinski definition) is 5. The van der Waals surface area contributed by atoms with Crippen LogP contribution in [-0.4, -0.2) is 38.4 Å². The lowest BCUT2D eigenvalue weighted by Crippen LogP contribution is -2.49. The number of aryl methyl sites for hydroxylation is 1. The Hall–Kier alpha value is -1.50. The van der Waals surface area contributed by atoms with Gasteiger partial charge in [-0.05, 0) is 46.6 Å². The Morgan fingerprint density at radius 2 is 1.93 bits per heavy atom. The molecule has 7 heteroatoms. The molecule has 5 nitrogen and oxygen atoms in total. The molecular formula is C22H29ClN2O3S. The molecule has 0 radical (unpaired) electrons. The molecule has 2 heterocycles. The number of amides is 1. The van der Waals surface area contributed by atoms with Crippen LogP contribution in [0.1, 0.15) is 57.7 Å². The highest BCUT2D eigenvalue weighted by Crippen LogP contribution is 2.49. The molecule has 0 aliphatic carbocycles. The number of aromatic nitrogens is 1. The van der Waals surface area contributed by atoms with Gasteiger partial charge in [0.1, 0.15) is 23.2 Å². The van der Waals surface area contributed by atoms with E-state index in [2.05, 4.69) is 32.9 Å². The number of thioether (sulfide) groups is 1. The molecule has 1 saturated heterocycles. The van der Waals surface area contributed by atoms with Gasteiger partial charge in [-0.15, -0.1) is 11.8 Å². The summed E-state index contributed by atoms with van der Waals surface area (Å²) >= 11 is 8.16. The Bertz CT molecular complexity index is 894. The van der Waals surface area contributed by atoms with Crippen molar-refractivity contribution in [3.05, 3.63) is 40.6 Å². The molecule has 2 atom stereocenters. The van der Waals surface area contributed by atoms with E-state index in [4.69, 9.17) is 20.9 Å². The van der Waals surface area contributed by atoms with Crippen LogP contribution >= 0.6 is 23.4 Å². The first-order valence-corrected chi connectivity index (χ1v) is 11.2. The second kappa shape index (κ2) is 8.32. The van der Waals surface area contributed by atoms with Crippen molar-refractivity contribution in [3.63, 3.8) is 0 Å². The lowest BCUT2D eigenvalue weighted by atomic mass is 10.0. The largest absolute Gasteiger partial charge is 0.360 e. The third-order valence-electron chi connectivity index (χ3n) is 4.96. The predicted molar refractivity (Wildman–Crippen MR) is 118 cm³/mol. The Labute approximate surface area is 182 Å². The molecular weight excluding hydrogens is 408 g/mol. The van der Waals surface area contributed by atoms with E-state index < -0.39 is 0 Å². The quantitative estimate of drug-likeness (QED) is 0.574. The van der Waals surface area contributed by atoms with Crippen molar-refractivity contribution in [1.82, 2.24) is 10.1 Å². The van der Waals surface area contributed by atoms with Gasteiger partial charge >= 0.3 is 0 Å². The van der Waals surface area contributed by atoms with Gasteiger partial charge < -0.3 is 9.26 Å². The van der Waals surface area contributed by atoms with Crippen molar-refractivity contribution in [2.45, 2.75) is 70.9 Å². The fourth-order valence-electron chi connectivity index (χ4n) is 3.65. The first-order chi connectivity index (χ1) is 13.5. The number of nitrogens with zero attached hydrogens (tertiary/aromatic N) is 2. The van der Waals surface area contributed by atoms with Gasteiger partial charge in [0.25, 0.3) is 5.91 Å². The van der Waals surface area contributed by atoms with E-state index in [1.807, 2.05) is 36.9 Å². The molecule has 0 N–H and O–H groups in total. The average molecular weight is 437 g/mol. The molecule has 1 aliphatic heterocycles. The zero-order valence-electron chi connectivity index (χ0n) is 18.0. The van der Waals surface area contributed by atoms with E-state index in [1.165, 1.54) is 0 Å². The van der Waals surface area contributed by atoms with Crippen LogP contribution in [0.2, 0.25) is 5.02 Å². The number of carbonyl (C=O) groups excluding carboxylic acids is 1. The first-order valence-electron chi connectivity index (χ1n) is 9.91. The van der Waals surface area contributed by atoms with E-state index in [1.54, 1.807) is 24.8 Å². The van der Waals surface area contributed by atoms with E-state index in [-0.39, 0.29) is 34.3 Å². The number of carbonyl (C=O) groups is 1. The summed E-state index contributed by atoms with van der Waals surface area (Å²) in [4.78, 5) is 15.8. The van der Waals surface area contributed by atoms with Gasteiger partial charge in [-0.25, -0.2) is 0 Å². The summed E-state index contributed by atoms with van der Waals surface area (Å²) in [6.07, 6.45) is -0.367. The highest BCUT2D eigenvalue weighted by Gasteiger charge is 2.52. The Morgan fingerprint density at radius 1 is 1.28 bits per heavy atom. The maximum absolute atomic E-state index is 13.9. The second-order valence-corrected chi connectivity index (χ2v) is 10.7. The molecule has 1 aliphatic rings. The molecule has 2 aromatic rings. The van der Waals surface area contributed by atoms with Crippen molar-refractivity contribution in [2.24, 2.45) is 5.92 Å². The summed E-state index contributed by atoms with van der Waals surface area (Å²) in [5, 5.41) is 4.69. The number of hydrogen-bond donors (Lipinski definition) is 0. The molecule has 0 saturated carbocycles. The minimum Gasteiger partial charge on any atom is -0.360 e. The summed E-state index contributed by atoms with van der Waals surface area (Å²) < 4.78 is 11.5. The van der Waals surface area contributed by atoms with Gasteiger partial charge in [0.05, 0.1) is 21.2 Å². The lowest BCUT2D eigenvalue weighted by Gasteiger charge is -2.35. The fraction of sp³-hybridized carbons (Fsp3) is 0.545. The van der Waals surface area contributed by atoms with E-state index >= 15 is 0 Å². The van der Waals surface area contributed by atoms with Gasteiger partial charge in [0.2, 0.25) is 0 Å². The van der Waals surface area contributed by atoms with Crippen molar-refractivity contribution < 1.29 is 14.1 Å². The minimum atomic E-state index is -0.360. The molecule has 0 bridgehead atoms. The standard InChI is InChI=1S/C22H29ClN2O3S/c1-12(2)20-25(21(27-13(3)4)22(6,7)29-20)19(26)17-14(5)28-24-18(17)15-10-8-9-11-16(15)23/h8-13,20-21H,1-7H3. The van der Waals surface area contributed by atoms with Gasteiger partial charge in [-0.3, -0.25) is 9.69 Å². The monoisotopic (exact) mass is 436 g/mol. The third kappa shape index (κ3) is 4.21. The smallest absolute Gasteiger partial charge is 0.262 e. The van der Waals surface area contributed by atoms with Gasteiger partial charge in [-0.1, -0.05) is 48.8 Å². The van der Waals surface area contributed by atoms with Crippen molar-refractivity contribution in [2.75, 3.05) is 0 Å². The van der Waals surface area contributed by atoms with Crippen LogP contribution in [0.4, 0.5) is 0 Å². The summed E-state index contributed by atoms with van der Waals surface area (Å²) in [7, 11) is 0. The van der Waals surface area contributed by atoms with Crippen LogP contribution in [0, 0.1) is 12.8 Å². The molecule has 158 valence electrons. The number of benzene rings is 1. The Morgan fingerprint density at radius 3 is 2.52 bits per heavy atom. The SMILES string of the molecule is Cc1onc(-c2ccccc2Cl)c1C(=O)N1C(C(C)C)SC(C)(C)C1OC(C)C. The molecule has 1 aromatic carbocycles. The zero-order chi connectivity index (χ0) is 21.5. The van der Waals surface area contributed by atoms with Crippen molar-refractivity contribution in [3.8, 4) is 11.3 Å². The molecule has 2 unspecified atom stereocenters. The lowest BCUT2D eigenvalue weighted by molar-refractivity contribution is -0.0849. The molecule has 1 amide bonds. The number of ether oxygens (including phenoxy) is 1. The van der Waals surface area contributed by atoms with Crippen molar-refractivity contribution >= 4 is 29.3 Å². The van der Waals surface area contributed by atoms with Crippen LogP contribution in [-0.2, 0) is 4.74 Å². The molecule has 3 rings (SSSR count). The van der Waals surface area contributed by atoms with E-state index in [9.17, 15) is 4.79 Å². The summed E-state index contributed by atoms with van der Waals surface area (Å²) in [5.41, 5.74) is 1.60. The van der Waals surface area contributed by atoms with E-state index in [0.29, 0.717) is 27.6 Å². The maximum atomic E-state index is 13.9. The molecule has 1 fully saturated rings. The van der Waals surface area contributed by atoms with Gasteiger partial charge in [-0.2, -0.15) is 0 Å². The number of rotatable bonds is 5. The highest BCUT2D eigenvalue weighted by molar-refractivity contribution is 8.01. The number of halogens is 1. The van der Waals surface area contributed by atoms with Crippen molar-refractivity contribution in [1.29, 1.82) is 0 Å². The molecule has 1 aromatic heterocycles. The first kappa shape index (κ1) is 22.2. The third-order valence-corrected chi connectivity index (χ3v) is 7.11.